The van der Waals surface area contributed by atoms with Crippen molar-refractivity contribution in [3.63, 3.8) is 0 Å². The Hall–Kier alpha value is -1.06. The maximum absolute atomic E-state index is 10.6. The van der Waals surface area contributed by atoms with Gasteiger partial charge in [0.2, 0.25) is 0 Å². The van der Waals surface area contributed by atoms with Crippen LogP contribution in [0.5, 0.6) is 0 Å². The van der Waals surface area contributed by atoms with Gasteiger partial charge in [-0.15, -0.1) is 0 Å². The second kappa shape index (κ2) is 4.74. The van der Waals surface area contributed by atoms with E-state index in [9.17, 15) is 9.59 Å². The van der Waals surface area contributed by atoms with E-state index in [0.717, 1.165) is 0 Å². The second-order valence-corrected chi connectivity index (χ2v) is 2.93. The van der Waals surface area contributed by atoms with E-state index < -0.39 is 17.9 Å². The fourth-order valence-electron chi connectivity index (χ4n) is 1.24. The van der Waals surface area contributed by atoms with Crippen LogP contribution in [0.3, 0.4) is 0 Å². The summed E-state index contributed by atoms with van der Waals surface area (Å²) in [6.45, 7) is 3.40. The predicted molar refractivity (Wildman–Crippen MR) is 42.8 cm³/mol. The molecule has 0 aliphatic rings. The summed E-state index contributed by atoms with van der Waals surface area (Å²) in [5, 5.41) is 17.1. The van der Waals surface area contributed by atoms with Crippen molar-refractivity contribution in [2.75, 3.05) is 0 Å². The highest BCUT2D eigenvalue weighted by Crippen LogP contribution is 2.18. The zero-order chi connectivity index (χ0) is 9.72. The Kier molecular flexibility index (Phi) is 4.33. The van der Waals surface area contributed by atoms with Crippen LogP contribution in [0.4, 0.5) is 0 Å². The molecule has 0 heterocycles. The summed E-state index contributed by atoms with van der Waals surface area (Å²) in [6, 6.07) is 0. The van der Waals surface area contributed by atoms with E-state index in [1.165, 1.54) is 0 Å². The van der Waals surface area contributed by atoms with Crippen LogP contribution in [0.15, 0.2) is 0 Å². The summed E-state index contributed by atoms with van der Waals surface area (Å²) in [5.74, 6) is -2.69. The number of hydrogen-bond donors (Lipinski definition) is 2. The van der Waals surface area contributed by atoms with E-state index in [2.05, 4.69) is 0 Å². The Balaban J connectivity index is 4.11. The van der Waals surface area contributed by atoms with Crippen molar-refractivity contribution < 1.29 is 19.8 Å². The molecule has 0 radical (unpaired) electrons. The first-order chi connectivity index (χ1) is 5.49. The van der Waals surface area contributed by atoms with Crippen LogP contribution in [0.25, 0.3) is 0 Å². The van der Waals surface area contributed by atoms with Gasteiger partial charge in [0.05, 0.1) is 5.92 Å². The Bertz CT molecular complexity index is 176. The molecular weight excluding hydrogens is 160 g/mol. The molecule has 0 saturated carbocycles. The highest BCUT2D eigenvalue weighted by molar-refractivity contribution is 5.72. The Morgan fingerprint density at radius 3 is 2.08 bits per heavy atom. The molecule has 0 amide bonds. The van der Waals surface area contributed by atoms with Crippen molar-refractivity contribution in [1.29, 1.82) is 0 Å². The van der Waals surface area contributed by atoms with Gasteiger partial charge in [0, 0.05) is 6.42 Å². The van der Waals surface area contributed by atoms with Crippen LogP contribution in [0, 0.1) is 11.8 Å². The zero-order valence-electron chi connectivity index (χ0n) is 7.28. The molecular formula is C8H14O4. The van der Waals surface area contributed by atoms with Crippen LogP contribution >= 0.6 is 0 Å². The van der Waals surface area contributed by atoms with Crippen LogP contribution in [0.2, 0.25) is 0 Å². The number of carbonyl (C=O) groups is 2. The van der Waals surface area contributed by atoms with E-state index in [0.29, 0.717) is 6.42 Å². The maximum Gasteiger partial charge on any atom is 0.306 e. The van der Waals surface area contributed by atoms with Gasteiger partial charge in [0.15, 0.2) is 0 Å². The first-order valence-corrected chi connectivity index (χ1v) is 3.93. The van der Waals surface area contributed by atoms with Crippen LogP contribution in [0.1, 0.15) is 26.7 Å². The first kappa shape index (κ1) is 10.9. The zero-order valence-corrected chi connectivity index (χ0v) is 7.28. The van der Waals surface area contributed by atoms with Gasteiger partial charge >= 0.3 is 11.9 Å². The molecule has 0 aliphatic heterocycles. The number of carboxylic acids is 2. The Labute approximate surface area is 71.2 Å². The second-order valence-electron chi connectivity index (χ2n) is 2.93. The van der Waals surface area contributed by atoms with E-state index in [-0.39, 0.29) is 12.3 Å². The molecule has 0 spiro atoms. The largest absolute Gasteiger partial charge is 0.481 e. The van der Waals surface area contributed by atoms with E-state index in [1.54, 1.807) is 13.8 Å². The number of hydrogen-bond acceptors (Lipinski definition) is 2. The molecule has 0 aromatic carbocycles. The number of aliphatic carboxylic acids is 2. The highest BCUT2D eigenvalue weighted by Gasteiger charge is 2.24. The minimum atomic E-state index is -0.942. The molecule has 2 N–H and O–H groups in total. The summed E-state index contributed by atoms with van der Waals surface area (Å²) in [5.41, 5.74) is 0. The molecule has 0 aromatic rings. The Morgan fingerprint density at radius 2 is 1.83 bits per heavy atom. The molecule has 0 aliphatic carbocycles. The van der Waals surface area contributed by atoms with Gasteiger partial charge in [0.25, 0.3) is 0 Å². The quantitative estimate of drug-likeness (QED) is 0.656. The van der Waals surface area contributed by atoms with Gasteiger partial charge in [-0.1, -0.05) is 13.8 Å². The molecule has 2 atom stereocenters. The van der Waals surface area contributed by atoms with Crippen LogP contribution in [-0.4, -0.2) is 22.2 Å². The van der Waals surface area contributed by atoms with Gasteiger partial charge in [-0.05, 0) is 12.3 Å². The van der Waals surface area contributed by atoms with Gasteiger partial charge in [-0.2, -0.15) is 0 Å². The normalized spacial score (nSPS) is 15.2. The van der Waals surface area contributed by atoms with Crippen LogP contribution in [-0.2, 0) is 9.59 Å². The van der Waals surface area contributed by atoms with Crippen molar-refractivity contribution in [2.24, 2.45) is 11.8 Å². The van der Waals surface area contributed by atoms with E-state index >= 15 is 0 Å². The van der Waals surface area contributed by atoms with Crippen molar-refractivity contribution in [1.82, 2.24) is 0 Å². The lowest BCUT2D eigenvalue weighted by Crippen LogP contribution is -2.22. The number of rotatable bonds is 5. The summed E-state index contributed by atoms with van der Waals surface area (Å²) >= 11 is 0. The first-order valence-electron chi connectivity index (χ1n) is 3.93. The van der Waals surface area contributed by atoms with Crippen molar-refractivity contribution in [2.45, 2.75) is 26.7 Å². The van der Waals surface area contributed by atoms with E-state index in [1.807, 2.05) is 0 Å². The molecule has 4 heteroatoms. The third-order valence-corrected chi connectivity index (χ3v) is 1.94. The molecule has 0 aromatic heterocycles. The maximum atomic E-state index is 10.6. The molecule has 0 bridgehead atoms. The lowest BCUT2D eigenvalue weighted by atomic mass is 9.89. The van der Waals surface area contributed by atoms with Crippen molar-refractivity contribution >= 4 is 11.9 Å². The third kappa shape index (κ3) is 3.37. The molecule has 12 heavy (non-hydrogen) atoms. The monoisotopic (exact) mass is 174 g/mol. The third-order valence-electron chi connectivity index (χ3n) is 1.94. The summed E-state index contributed by atoms with van der Waals surface area (Å²) < 4.78 is 0. The smallest absolute Gasteiger partial charge is 0.306 e. The predicted octanol–water partition coefficient (Wildman–Crippen LogP) is 1.21. The minimum Gasteiger partial charge on any atom is -0.481 e. The SMILES string of the molecule is CCC(C(=O)O)C(C)CC(=O)O. The highest BCUT2D eigenvalue weighted by atomic mass is 16.4. The number of carboxylic acid groups (broad SMARTS) is 2. The van der Waals surface area contributed by atoms with Crippen molar-refractivity contribution in [3.05, 3.63) is 0 Å². The molecule has 0 fully saturated rings. The standard InChI is InChI=1S/C8H14O4/c1-3-6(8(11)12)5(2)4-7(9)10/h5-6H,3-4H2,1-2H3,(H,9,10)(H,11,12). The molecule has 0 saturated heterocycles. The fourth-order valence-corrected chi connectivity index (χ4v) is 1.24. The minimum absolute atomic E-state index is 0.0786. The average molecular weight is 174 g/mol. The Morgan fingerprint density at radius 1 is 1.33 bits per heavy atom. The van der Waals surface area contributed by atoms with Gasteiger partial charge in [-0.3, -0.25) is 9.59 Å². The molecule has 70 valence electrons. The lowest BCUT2D eigenvalue weighted by Gasteiger charge is -2.15. The molecule has 4 nitrogen and oxygen atoms in total. The van der Waals surface area contributed by atoms with Crippen molar-refractivity contribution in [3.8, 4) is 0 Å². The summed E-state index contributed by atoms with van der Waals surface area (Å²) in [6.07, 6.45) is 0.397. The summed E-state index contributed by atoms with van der Waals surface area (Å²) in [4.78, 5) is 20.8. The van der Waals surface area contributed by atoms with E-state index in [4.69, 9.17) is 10.2 Å². The van der Waals surface area contributed by atoms with Gasteiger partial charge in [0.1, 0.15) is 0 Å². The molecule has 2 unspecified atom stereocenters. The molecule has 0 rings (SSSR count). The summed E-state index contributed by atoms with van der Waals surface area (Å²) in [7, 11) is 0. The van der Waals surface area contributed by atoms with Crippen LogP contribution < -0.4 is 0 Å². The lowest BCUT2D eigenvalue weighted by molar-refractivity contribution is -0.145. The van der Waals surface area contributed by atoms with Gasteiger partial charge < -0.3 is 10.2 Å². The fraction of sp³-hybridized carbons (Fsp3) is 0.750. The average Bonchev–Trinajstić information content (AvgIpc) is 1.85. The van der Waals surface area contributed by atoms with Gasteiger partial charge in [-0.25, -0.2) is 0 Å². The topological polar surface area (TPSA) is 74.6 Å².